The molecule has 36 heavy (non-hydrogen) atoms. The van der Waals surface area contributed by atoms with Gasteiger partial charge in [-0.15, -0.1) is 0 Å². The van der Waals surface area contributed by atoms with Gasteiger partial charge in [-0.2, -0.15) is 0 Å². The molecule has 0 aliphatic heterocycles. The topological polar surface area (TPSA) is 86.8 Å². The van der Waals surface area contributed by atoms with Crippen molar-refractivity contribution in [3.8, 4) is 0 Å². The Morgan fingerprint density at radius 2 is 1.42 bits per heavy atom. The molecule has 7 nitrogen and oxygen atoms in total. The first-order chi connectivity index (χ1) is 17.1. The number of amides is 2. The van der Waals surface area contributed by atoms with Crippen molar-refractivity contribution in [1.82, 2.24) is 10.2 Å². The van der Waals surface area contributed by atoms with Gasteiger partial charge in [-0.1, -0.05) is 65.7 Å². The zero-order valence-corrected chi connectivity index (χ0v) is 22.0. The highest BCUT2D eigenvalue weighted by Crippen LogP contribution is 2.24. The van der Waals surface area contributed by atoms with Crippen LogP contribution in [0.2, 0.25) is 0 Å². The third kappa shape index (κ3) is 6.51. The van der Waals surface area contributed by atoms with Gasteiger partial charge in [0.2, 0.25) is 11.8 Å². The Kier molecular flexibility index (Phi) is 8.88. The van der Waals surface area contributed by atoms with Gasteiger partial charge in [-0.25, -0.2) is 8.42 Å². The number of hydrogen-bond donors (Lipinski definition) is 1. The lowest BCUT2D eigenvalue weighted by Gasteiger charge is -2.32. The van der Waals surface area contributed by atoms with Gasteiger partial charge < -0.3 is 10.2 Å². The van der Waals surface area contributed by atoms with E-state index in [1.165, 1.54) is 17.0 Å². The lowest BCUT2D eigenvalue weighted by molar-refractivity contribution is -0.139. The molecule has 3 aromatic rings. The van der Waals surface area contributed by atoms with E-state index >= 15 is 0 Å². The number of anilines is 1. The number of aryl methyl sites for hydroxylation is 2. The smallest absolute Gasteiger partial charge is 0.264 e. The Morgan fingerprint density at radius 1 is 0.861 bits per heavy atom. The van der Waals surface area contributed by atoms with Gasteiger partial charge in [0.25, 0.3) is 10.0 Å². The maximum Gasteiger partial charge on any atom is 0.264 e. The molecule has 0 radical (unpaired) electrons. The van der Waals surface area contributed by atoms with Crippen LogP contribution in [-0.2, 0) is 26.2 Å². The van der Waals surface area contributed by atoms with E-state index in [2.05, 4.69) is 5.32 Å². The second-order valence-electron chi connectivity index (χ2n) is 8.74. The number of nitrogens with zero attached hydrogens (tertiary/aromatic N) is 2. The van der Waals surface area contributed by atoms with Crippen LogP contribution in [-0.4, -0.2) is 44.3 Å². The highest BCUT2D eigenvalue weighted by molar-refractivity contribution is 7.92. The Hall–Kier alpha value is -3.65. The molecule has 0 bridgehead atoms. The zero-order valence-electron chi connectivity index (χ0n) is 21.1. The van der Waals surface area contributed by atoms with Crippen LogP contribution in [0.1, 0.15) is 30.5 Å². The molecule has 0 unspecified atom stereocenters. The number of para-hydroxylation sites is 1. The maximum absolute atomic E-state index is 13.7. The van der Waals surface area contributed by atoms with Crippen LogP contribution in [0.4, 0.5) is 5.69 Å². The highest BCUT2D eigenvalue weighted by Gasteiger charge is 2.32. The average molecular weight is 508 g/mol. The van der Waals surface area contributed by atoms with Crippen LogP contribution in [0.25, 0.3) is 0 Å². The normalized spacial score (nSPS) is 12.0. The number of sulfonamides is 1. The average Bonchev–Trinajstić information content (AvgIpc) is 2.87. The highest BCUT2D eigenvalue weighted by atomic mass is 32.2. The minimum Gasteiger partial charge on any atom is -0.355 e. The fraction of sp³-hybridized carbons (Fsp3) is 0.286. The minimum atomic E-state index is -4.05. The molecule has 8 heteroatoms. The maximum atomic E-state index is 13.7. The number of carbonyl (C=O) groups is 2. The third-order valence-electron chi connectivity index (χ3n) is 5.92. The van der Waals surface area contributed by atoms with Crippen LogP contribution < -0.4 is 9.62 Å². The SMILES string of the molecule is CCNC(=O)[C@H](C)N(Cc1ccc(C)cc1)C(=O)CN(c1ccccc1)S(=O)(=O)c1ccc(C)cc1. The predicted molar refractivity (Wildman–Crippen MR) is 142 cm³/mol. The van der Waals surface area contributed by atoms with E-state index in [1.54, 1.807) is 49.4 Å². The zero-order chi connectivity index (χ0) is 26.3. The Balaban J connectivity index is 1.99. The monoisotopic (exact) mass is 507 g/mol. The molecule has 1 N–H and O–H groups in total. The van der Waals surface area contributed by atoms with Crippen LogP contribution in [0.3, 0.4) is 0 Å². The van der Waals surface area contributed by atoms with Crippen LogP contribution in [0, 0.1) is 13.8 Å². The number of nitrogens with one attached hydrogen (secondary N) is 1. The van der Waals surface area contributed by atoms with E-state index < -0.39 is 28.5 Å². The summed E-state index contributed by atoms with van der Waals surface area (Å²) in [7, 11) is -4.05. The molecule has 190 valence electrons. The molecule has 3 rings (SSSR count). The van der Waals surface area contributed by atoms with Crippen molar-refractivity contribution >= 4 is 27.5 Å². The lowest BCUT2D eigenvalue weighted by Crippen LogP contribution is -2.51. The van der Waals surface area contributed by atoms with Crippen LogP contribution in [0.5, 0.6) is 0 Å². The summed E-state index contributed by atoms with van der Waals surface area (Å²) in [6, 6.07) is 21.9. The predicted octanol–water partition coefficient (Wildman–Crippen LogP) is 4.05. The van der Waals surface area contributed by atoms with Crippen LogP contribution >= 0.6 is 0 Å². The van der Waals surface area contributed by atoms with E-state index in [4.69, 9.17) is 0 Å². The van der Waals surface area contributed by atoms with Crippen molar-refractivity contribution < 1.29 is 18.0 Å². The van der Waals surface area contributed by atoms with Crippen molar-refractivity contribution in [3.63, 3.8) is 0 Å². The summed E-state index contributed by atoms with van der Waals surface area (Å²) < 4.78 is 28.5. The van der Waals surface area contributed by atoms with Crippen molar-refractivity contribution in [2.24, 2.45) is 0 Å². The van der Waals surface area contributed by atoms with E-state index in [1.807, 2.05) is 45.0 Å². The second kappa shape index (κ2) is 11.9. The molecular weight excluding hydrogens is 474 g/mol. The molecule has 3 aromatic carbocycles. The first-order valence-corrected chi connectivity index (χ1v) is 13.3. The van der Waals surface area contributed by atoms with Gasteiger partial charge in [0.05, 0.1) is 10.6 Å². The van der Waals surface area contributed by atoms with Gasteiger partial charge in [0.1, 0.15) is 12.6 Å². The summed E-state index contributed by atoms with van der Waals surface area (Å²) in [5.74, 6) is -0.778. The molecule has 0 aromatic heterocycles. The fourth-order valence-electron chi connectivity index (χ4n) is 3.76. The molecule has 0 fully saturated rings. The van der Waals surface area contributed by atoms with E-state index in [0.717, 1.165) is 21.0 Å². The van der Waals surface area contributed by atoms with Crippen molar-refractivity contribution in [3.05, 3.63) is 95.6 Å². The molecule has 1 atom stereocenters. The van der Waals surface area contributed by atoms with Crippen LogP contribution in [0.15, 0.2) is 83.8 Å². The fourth-order valence-corrected chi connectivity index (χ4v) is 5.17. The number of likely N-dealkylation sites (N-methyl/N-ethyl adjacent to an activating group) is 1. The van der Waals surface area contributed by atoms with Gasteiger partial charge in [0, 0.05) is 13.1 Å². The van der Waals surface area contributed by atoms with Gasteiger partial charge in [0.15, 0.2) is 0 Å². The van der Waals surface area contributed by atoms with E-state index in [-0.39, 0.29) is 17.3 Å². The quantitative estimate of drug-likeness (QED) is 0.449. The second-order valence-corrected chi connectivity index (χ2v) is 10.6. The van der Waals surface area contributed by atoms with Gasteiger partial charge >= 0.3 is 0 Å². The molecule has 0 saturated carbocycles. The summed E-state index contributed by atoms with van der Waals surface area (Å²) in [5, 5.41) is 2.76. The molecule has 0 aliphatic carbocycles. The number of benzene rings is 3. The summed E-state index contributed by atoms with van der Waals surface area (Å²) in [4.78, 5) is 27.9. The lowest BCUT2D eigenvalue weighted by atomic mass is 10.1. The van der Waals surface area contributed by atoms with E-state index in [9.17, 15) is 18.0 Å². The van der Waals surface area contributed by atoms with Crippen molar-refractivity contribution in [2.45, 2.75) is 45.2 Å². The third-order valence-corrected chi connectivity index (χ3v) is 7.71. The Labute approximate surface area is 213 Å². The standard InChI is InChI=1S/C28H33N3O4S/c1-5-29-28(33)23(4)30(19-24-15-11-21(2)12-16-24)27(32)20-31(25-9-7-6-8-10-25)36(34,35)26-17-13-22(3)14-18-26/h6-18,23H,5,19-20H2,1-4H3,(H,29,33)/t23-/m0/s1. The summed E-state index contributed by atoms with van der Waals surface area (Å²) >= 11 is 0. The van der Waals surface area contributed by atoms with Gasteiger partial charge in [-0.05, 0) is 57.5 Å². The van der Waals surface area contributed by atoms with Crippen molar-refractivity contribution in [2.75, 3.05) is 17.4 Å². The minimum absolute atomic E-state index is 0.0895. The molecule has 0 aliphatic rings. The van der Waals surface area contributed by atoms with Gasteiger partial charge in [-0.3, -0.25) is 13.9 Å². The summed E-state index contributed by atoms with van der Waals surface area (Å²) in [6.07, 6.45) is 0. The van der Waals surface area contributed by atoms with E-state index in [0.29, 0.717) is 12.2 Å². The first kappa shape index (κ1) is 26.9. The molecule has 0 spiro atoms. The number of rotatable bonds is 10. The molecule has 0 saturated heterocycles. The summed E-state index contributed by atoms with van der Waals surface area (Å²) in [6.45, 7) is 7.45. The Morgan fingerprint density at radius 3 is 1.97 bits per heavy atom. The number of carbonyl (C=O) groups excluding carboxylic acids is 2. The molecule has 0 heterocycles. The largest absolute Gasteiger partial charge is 0.355 e. The number of hydrogen-bond acceptors (Lipinski definition) is 4. The van der Waals surface area contributed by atoms with Crippen molar-refractivity contribution in [1.29, 1.82) is 0 Å². The first-order valence-electron chi connectivity index (χ1n) is 11.9. The Bertz CT molecular complexity index is 1270. The molecular formula is C28H33N3O4S. The summed E-state index contributed by atoms with van der Waals surface area (Å²) in [5.41, 5.74) is 3.22. The molecule has 2 amide bonds.